The third kappa shape index (κ3) is 3.27. The van der Waals surface area contributed by atoms with Crippen LogP contribution in [-0.2, 0) is 17.6 Å². The SMILES string of the molecule is O=C1CCN1C1CCc2cc(C#Cc3c(Cl)cccc3Cl)ccc2C1. The number of hydrogen-bond acceptors (Lipinski definition) is 1. The topological polar surface area (TPSA) is 20.3 Å². The quantitative estimate of drug-likeness (QED) is 0.535. The second-order valence-electron chi connectivity index (χ2n) is 6.56. The van der Waals surface area contributed by atoms with Crippen LogP contribution < -0.4 is 0 Å². The summed E-state index contributed by atoms with van der Waals surface area (Å²) in [6.07, 6.45) is 3.69. The Morgan fingerprint density at radius 2 is 1.80 bits per heavy atom. The van der Waals surface area contributed by atoms with Crippen molar-refractivity contribution in [3.05, 3.63) is 68.7 Å². The smallest absolute Gasteiger partial charge is 0.224 e. The van der Waals surface area contributed by atoms with Crippen LogP contribution in [0.2, 0.25) is 10.0 Å². The lowest BCUT2D eigenvalue weighted by Crippen LogP contribution is -2.51. The van der Waals surface area contributed by atoms with Gasteiger partial charge < -0.3 is 4.90 Å². The van der Waals surface area contributed by atoms with E-state index in [1.54, 1.807) is 12.1 Å². The lowest BCUT2D eigenvalue weighted by atomic mass is 9.85. The predicted molar refractivity (Wildman–Crippen MR) is 101 cm³/mol. The van der Waals surface area contributed by atoms with Crippen molar-refractivity contribution in [2.24, 2.45) is 0 Å². The zero-order valence-electron chi connectivity index (χ0n) is 13.7. The molecular weight excluding hydrogens is 353 g/mol. The summed E-state index contributed by atoms with van der Waals surface area (Å²) in [5.74, 6) is 6.56. The van der Waals surface area contributed by atoms with Gasteiger partial charge in [0, 0.05) is 24.6 Å². The van der Waals surface area contributed by atoms with E-state index in [1.165, 1.54) is 11.1 Å². The third-order valence-electron chi connectivity index (χ3n) is 5.03. The highest BCUT2D eigenvalue weighted by Crippen LogP contribution is 2.28. The van der Waals surface area contributed by atoms with E-state index < -0.39 is 0 Å². The molecule has 1 atom stereocenters. The number of nitrogens with zero attached hydrogens (tertiary/aromatic N) is 1. The Bertz CT molecular complexity index is 890. The second-order valence-corrected chi connectivity index (χ2v) is 7.38. The molecule has 2 aromatic rings. The van der Waals surface area contributed by atoms with Crippen LogP contribution in [0.25, 0.3) is 0 Å². The fraction of sp³-hybridized carbons (Fsp3) is 0.286. The van der Waals surface area contributed by atoms with E-state index in [0.717, 1.165) is 31.4 Å². The van der Waals surface area contributed by atoms with Gasteiger partial charge in [-0.05, 0) is 54.7 Å². The fourth-order valence-corrected chi connectivity index (χ4v) is 4.04. The summed E-state index contributed by atoms with van der Waals surface area (Å²) in [4.78, 5) is 13.7. The zero-order chi connectivity index (χ0) is 17.4. The highest BCUT2D eigenvalue weighted by Gasteiger charge is 2.33. The summed E-state index contributed by atoms with van der Waals surface area (Å²) in [5, 5.41) is 1.14. The first kappa shape index (κ1) is 16.5. The van der Waals surface area contributed by atoms with Crippen molar-refractivity contribution in [1.82, 2.24) is 4.90 Å². The molecule has 2 aliphatic rings. The van der Waals surface area contributed by atoms with Crippen molar-refractivity contribution < 1.29 is 4.79 Å². The molecule has 25 heavy (non-hydrogen) atoms. The van der Waals surface area contributed by atoms with Crippen LogP contribution in [0, 0.1) is 11.8 Å². The maximum atomic E-state index is 11.7. The molecule has 0 bridgehead atoms. The molecule has 0 aromatic heterocycles. The molecule has 0 N–H and O–H groups in total. The predicted octanol–water partition coefficient (Wildman–Crippen LogP) is 4.48. The van der Waals surface area contributed by atoms with Gasteiger partial charge in [-0.3, -0.25) is 4.79 Å². The number of benzene rings is 2. The molecule has 0 spiro atoms. The second kappa shape index (κ2) is 6.75. The lowest BCUT2D eigenvalue weighted by Gasteiger charge is -2.40. The van der Waals surface area contributed by atoms with Gasteiger partial charge in [-0.1, -0.05) is 47.2 Å². The van der Waals surface area contributed by atoms with Crippen LogP contribution in [0.1, 0.15) is 35.1 Å². The van der Waals surface area contributed by atoms with E-state index >= 15 is 0 Å². The van der Waals surface area contributed by atoms with Crippen LogP contribution in [0.4, 0.5) is 0 Å². The summed E-state index contributed by atoms with van der Waals surface area (Å²) in [5.41, 5.74) is 4.30. The van der Waals surface area contributed by atoms with Gasteiger partial charge in [0.2, 0.25) is 5.91 Å². The molecule has 1 aliphatic heterocycles. The van der Waals surface area contributed by atoms with Crippen molar-refractivity contribution >= 4 is 29.1 Å². The largest absolute Gasteiger partial charge is 0.339 e. The van der Waals surface area contributed by atoms with E-state index in [-0.39, 0.29) is 0 Å². The maximum Gasteiger partial charge on any atom is 0.224 e. The van der Waals surface area contributed by atoms with Gasteiger partial charge in [0.1, 0.15) is 0 Å². The maximum absolute atomic E-state index is 11.7. The van der Waals surface area contributed by atoms with Crippen molar-refractivity contribution in [2.45, 2.75) is 31.7 Å². The molecular formula is C21H17Cl2NO. The molecule has 1 amide bonds. The molecule has 2 nitrogen and oxygen atoms in total. The Balaban J connectivity index is 1.55. The minimum Gasteiger partial charge on any atom is -0.339 e. The lowest BCUT2D eigenvalue weighted by molar-refractivity contribution is -0.143. The van der Waals surface area contributed by atoms with E-state index in [1.807, 2.05) is 17.0 Å². The summed E-state index contributed by atoms with van der Waals surface area (Å²) in [6, 6.07) is 12.1. The number of hydrogen-bond donors (Lipinski definition) is 0. The third-order valence-corrected chi connectivity index (χ3v) is 5.66. The molecule has 4 heteroatoms. The molecule has 1 unspecified atom stereocenters. The van der Waals surface area contributed by atoms with Crippen LogP contribution in [0.5, 0.6) is 0 Å². The van der Waals surface area contributed by atoms with Gasteiger partial charge in [0.05, 0.1) is 15.6 Å². The van der Waals surface area contributed by atoms with Gasteiger partial charge >= 0.3 is 0 Å². The molecule has 0 radical (unpaired) electrons. The van der Waals surface area contributed by atoms with Crippen molar-refractivity contribution in [3.63, 3.8) is 0 Å². The van der Waals surface area contributed by atoms with Crippen molar-refractivity contribution in [3.8, 4) is 11.8 Å². The molecule has 0 saturated carbocycles. The van der Waals surface area contributed by atoms with Gasteiger partial charge in [-0.25, -0.2) is 0 Å². The first-order chi connectivity index (χ1) is 12.1. The molecule has 4 rings (SSSR count). The van der Waals surface area contributed by atoms with Crippen LogP contribution in [-0.4, -0.2) is 23.4 Å². The number of carbonyl (C=O) groups excluding carboxylic acids is 1. The van der Waals surface area contributed by atoms with E-state index in [0.29, 0.717) is 34.0 Å². The number of carbonyl (C=O) groups is 1. The van der Waals surface area contributed by atoms with Gasteiger partial charge in [0.15, 0.2) is 0 Å². The van der Waals surface area contributed by atoms with Crippen molar-refractivity contribution in [2.75, 3.05) is 6.54 Å². The van der Waals surface area contributed by atoms with E-state index in [4.69, 9.17) is 23.2 Å². The molecule has 1 fully saturated rings. The van der Waals surface area contributed by atoms with Gasteiger partial charge in [-0.2, -0.15) is 0 Å². The highest BCUT2D eigenvalue weighted by molar-refractivity contribution is 6.36. The monoisotopic (exact) mass is 369 g/mol. The van der Waals surface area contributed by atoms with Crippen LogP contribution in [0.15, 0.2) is 36.4 Å². The summed E-state index contributed by atoms with van der Waals surface area (Å²) < 4.78 is 0. The Morgan fingerprint density at radius 1 is 1.00 bits per heavy atom. The zero-order valence-corrected chi connectivity index (χ0v) is 15.2. The molecule has 1 saturated heterocycles. The Hall–Kier alpha value is -1.95. The minimum atomic E-state index is 0.299. The van der Waals surface area contributed by atoms with Crippen LogP contribution in [0.3, 0.4) is 0 Å². The average molecular weight is 370 g/mol. The standard InChI is InChI=1S/C21H17Cl2NO/c22-19-2-1-3-20(23)18(19)9-5-14-4-6-16-13-17(8-7-15(16)12-14)24-11-10-21(24)25/h1-4,6,12,17H,7-8,10-11,13H2. The number of fused-ring (bicyclic) bond motifs is 1. The number of likely N-dealkylation sites (tertiary alicyclic amines) is 1. The highest BCUT2D eigenvalue weighted by atomic mass is 35.5. The summed E-state index contributed by atoms with van der Waals surface area (Å²) >= 11 is 12.3. The Morgan fingerprint density at radius 3 is 2.48 bits per heavy atom. The number of rotatable bonds is 1. The average Bonchev–Trinajstić information content (AvgIpc) is 2.60. The normalized spacial score (nSPS) is 18.9. The van der Waals surface area contributed by atoms with E-state index in [9.17, 15) is 4.79 Å². The van der Waals surface area contributed by atoms with E-state index in [2.05, 4.69) is 24.0 Å². The first-order valence-corrected chi connectivity index (χ1v) is 9.25. The molecule has 1 heterocycles. The molecule has 2 aromatic carbocycles. The molecule has 126 valence electrons. The number of amides is 1. The first-order valence-electron chi connectivity index (χ1n) is 8.49. The Kier molecular flexibility index (Phi) is 4.46. The number of β-lactam (4-membered cyclic amide) rings is 1. The number of halogens is 2. The summed E-state index contributed by atoms with van der Waals surface area (Å²) in [6.45, 7) is 0.918. The number of aryl methyl sites for hydroxylation is 1. The summed E-state index contributed by atoms with van der Waals surface area (Å²) in [7, 11) is 0. The molecule has 1 aliphatic carbocycles. The van der Waals surface area contributed by atoms with Crippen molar-refractivity contribution in [1.29, 1.82) is 0 Å². The van der Waals surface area contributed by atoms with Gasteiger partial charge in [-0.15, -0.1) is 0 Å². The van der Waals surface area contributed by atoms with Crippen LogP contribution >= 0.6 is 23.2 Å². The Labute approximate surface area is 157 Å². The minimum absolute atomic E-state index is 0.299. The fourth-order valence-electron chi connectivity index (χ4n) is 3.55. The van der Waals surface area contributed by atoms with Gasteiger partial charge in [0.25, 0.3) is 0 Å².